The number of anilines is 1. The summed E-state index contributed by atoms with van der Waals surface area (Å²) in [6.07, 6.45) is 3.40. The smallest absolute Gasteiger partial charge is 0.409 e. The first-order valence-corrected chi connectivity index (χ1v) is 14.6. The van der Waals surface area contributed by atoms with Crippen LogP contribution in [0.2, 0.25) is 5.02 Å². The Morgan fingerprint density at radius 2 is 2.00 bits per heavy atom. The molecule has 11 heteroatoms. The average Bonchev–Trinajstić information content (AvgIpc) is 3.62. The van der Waals surface area contributed by atoms with E-state index in [0.717, 1.165) is 11.1 Å². The highest BCUT2D eigenvalue weighted by molar-refractivity contribution is 6.35. The minimum atomic E-state index is -1.51. The fourth-order valence-corrected chi connectivity index (χ4v) is 5.92. The number of aliphatic hydroxyl groups is 1. The fourth-order valence-electron chi connectivity index (χ4n) is 5.61. The van der Waals surface area contributed by atoms with Crippen molar-refractivity contribution in [3.8, 4) is 5.75 Å². The number of alkyl carbamates (subject to hydrolysis) is 1. The van der Waals surface area contributed by atoms with Crippen LogP contribution in [0.15, 0.2) is 35.9 Å². The van der Waals surface area contributed by atoms with Crippen LogP contribution in [0.3, 0.4) is 0 Å². The molecular weight excluding hydrogens is 564 g/mol. The fraction of sp³-hybridized carbons (Fsp3) is 0.581. The first-order chi connectivity index (χ1) is 19.7. The van der Waals surface area contributed by atoms with E-state index in [1.54, 1.807) is 33.9 Å². The van der Waals surface area contributed by atoms with Gasteiger partial charge in [-0.25, -0.2) is 4.79 Å². The van der Waals surface area contributed by atoms with Crippen molar-refractivity contribution in [2.75, 3.05) is 19.1 Å². The number of ether oxygens (including phenoxy) is 4. The Morgan fingerprint density at radius 1 is 1.29 bits per heavy atom. The van der Waals surface area contributed by atoms with Gasteiger partial charge in [-0.1, -0.05) is 56.2 Å². The second kappa shape index (κ2) is 12.3. The van der Waals surface area contributed by atoms with Crippen molar-refractivity contribution in [1.82, 2.24) is 5.32 Å². The summed E-state index contributed by atoms with van der Waals surface area (Å²) in [5, 5.41) is 14.1. The van der Waals surface area contributed by atoms with Crippen LogP contribution < -0.4 is 15.0 Å². The number of benzene rings is 1. The molecule has 2 saturated heterocycles. The summed E-state index contributed by atoms with van der Waals surface area (Å²) in [6, 6.07) is 3.67. The molecule has 1 aromatic carbocycles. The number of carbonyl (C=O) groups is 3. The SMILES string of the molecule is COc1cc2cc(c1Cl)N(C)C(=O)C[C@H](OC(=O)C(C)C)[C@]1(C)O[C@H]1[C@H](C)[C@@H]1C[C@](O)(C/C=C/C=C(/C)C2)NC(=O)O1. The van der Waals surface area contributed by atoms with Crippen LogP contribution in [0.25, 0.3) is 0 Å². The molecule has 0 unspecified atom stereocenters. The lowest BCUT2D eigenvalue weighted by Crippen LogP contribution is -2.57. The maximum absolute atomic E-state index is 13.7. The number of nitrogens with zero attached hydrogens (tertiary/aromatic N) is 1. The van der Waals surface area contributed by atoms with Crippen molar-refractivity contribution in [3.05, 3.63) is 46.5 Å². The van der Waals surface area contributed by atoms with Crippen LogP contribution in [0.5, 0.6) is 5.75 Å². The third-order valence-electron chi connectivity index (χ3n) is 8.30. The van der Waals surface area contributed by atoms with Crippen LogP contribution >= 0.6 is 11.6 Å². The number of fused-ring (bicyclic) bond motifs is 5. The number of allylic oxidation sites excluding steroid dienone is 3. The van der Waals surface area contributed by atoms with Gasteiger partial charge in [-0.2, -0.15) is 0 Å². The van der Waals surface area contributed by atoms with Crippen molar-refractivity contribution in [3.63, 3.8) is 0 Å². The van der Waals surface area contributed by atoms with Gasteiger partial charge in [0, 0.05) is 25.8 Å². The van der Waals surface area contributed by atoms with E-state index < -0.39 is 47.6 Å². The van der Waals surface area contributed by atoms with Gasteiger partial charge in [0.25, 0.3) is 0 Å². The molecule has 42 heavy (non-hydrogen) atoms. The summed E-state index contributed by atoms with van der Waals surface area (Å²) in [6.45, 7) is 9.04. The number of epoxide rings is 1. The second-order valence-electron chi connectivity index (χ2n) is 12.1. The monoisotopic (exact) mass is 604 g/mol. The topological polar surface area (TPSA) is 127 Å². The largest absolute Gasteiger partial charge is 0.495 e. The number of halogens is 1. The quantitative estimate of drug-likeness (QED) is 0.376. The molecule has 10 nitrogen and oxygen atoms in total. The van der Waals surface area contributed by atoms with Crippen molar-refractivity contribution < 1.29 is 38.4 Å². The molecule has 1 aromatic rings. The summed E-state index contributed by atoms with van der Waals surface area (Å²) in [5.74, 6) is -1.16. The van der Waals surface area contributed by atoms with E-state index in [2.05, 4.69) is 5.32 Å². The molecule has 2 fully saturated rings. The average molecular weight is 605 g/mol. The molecule has 3 aliphatic rings. The van der Waals surface area contributed by atoms with E-state index >= 15 is 0 Å². The number of methoxy groups -OCH3 is 1. The van der Waals surface area contributed by atoms with Gasteiger partial charge in [-0.15, -0.1) is 0 Å². The zero-order valence-electron chi connectivity index (χ0n) is 25.2. The van der Waals surface area contributed by atoms with Crippen LogP contribution in [0.1, 0.15) is 59.4 Å². The normalized spacial score (nSPS) is 34.0. The van der Waals surface area contributed by atoms with Gasteiger partial charge < -0.3 is 29.0 Å². The molecular formula is C31H41ClN2O8. The number of carbonyl (C=O) groups excluding carboxylic acids is 3. The van der Waals surface area contributed by atoms with E-state index in [9.17, 15) is 19.5 Å². The predicted octanol–water partition coefficient (Wildman–Crippen LogP) is 4.70. The number of rotatable bonds is 3. The van der Waals surface area contributed by atoms with Gasteiger partial charge >= 0.3 is 12.1 Å². The lowest BCUT2D eigenvalue weighted by atomic mass is 9.84. The maximum Gasteiger partial charge on any atom is 0.409 e. The van der Waals surface area contributed by atoms with Gasteiger partial charge in [-0.3, -0.25) is 14.9 Å². The van der Waals surface area contributed by atoms with E-state index in [1.807, 2.05) is 38.1 Å². The molecule has 3 heterocycles. The lowest BCUT2D eigenvalue weighted by molar-refractivity contribution is -0.157. The molecule has 6 atom stereocenters. The Hall–Kier alpha value is -3.08. The van der Waals surface area contributed by atoms with Crippen LogP contribution in [0.4, 0.5) is 10.5 Å². The summed E-state index contributed by atoms with van der Waals surface area (Å²) in [4.78, 5) is 40.4. The highest BCUT2D eigenvalue weighted by Crippen LogP contribution is 2.49. The zero-order chi connectivity index (χ0) is 31.0. The number of esters is 1. The molecule has 0 aromatic heterocycles. The van der Waals surface area contributed by atoms with Crippen LogP contribution in [-0.2, 0) is 30.2 Å². The Balaban J connectivity index is 1.76. The summed E-state index contributed by atoms with van der Waals surface area (Å²) < 4.78 is 23.1. The number of hydrogen-bond acceptors (Lipinski definition) is 8. The summed E-state index contributed by atoms with van der Waals surface area (Å²) in [5.41, 5.74) is -0.191. The number of hydrogen-bond donors (Lipinski definition) is 2. The molecule has 0 radical (unpaired) electrons. The Bertz CT molecular complexity index is 1300. The van der Waals surface area contributed by atoms with Gasteiger partial charge in [0.15, 0.2) is 0 Å². The second-order valence-corrected chi connectivity index (χ2v) is 12.5. The van der Waals surface area contributed by atoms with Crippen molar-refractivity contribution in [1.29, 1.82) is 0 Å². The highest BCUT2D eigenvalue weighted by Gasteiger charge is 2.64. The predicted molar refractivity (Wildman–Crippen MR) is 157 cm³/mol. The first-order valence-electron chi connectivity index (χ1n) is 14.2. The van der Waals surface area contributed by atoms with E-state index in [0.29, 0.717) is 17.9 Å². The van der Waals surface area contributed by atoms with Crippen molar-refractivity contribution >= 4 is 35.3 Å². The van der Waals surface area contributed by atoms with Crippen LogP contribution in [-0.4, -0.2) is 66.9 Å². The molecule has 4 bridgehead atoms. The van der Waals surface area contributed by atoms with E-state index in [4.69, 9.17) is 30.5 Å². The van der Waals surface area contributed by atoms with Gasteiger partial charge in [-0.05, 0) is 38.0 Å². The zero-order valence-corrected chi connectivity index (χ0v) is 26.0. The Kier molecular flexibility index (Phi) is 9.30. The van der Waals surface area contributed by atoms with Gasteiger partial charge in [0.2, 0.25) is 5.91 Å². The molecule has 0 spiro atoms. The molecule has 2 N–H and O–H groups in total. The number of amides is 2. The summed E-state index contributed by atoms with van der Waals surface area (Å²) in [7, 11) is 3.13. The third kappa shape index (κ3) is 6.76. The highest BCUT2D eigenvalue weighted by atomic mass is 35.5. The third-order valence-corrected chi connectivity index (χ3v) is 8.68. The van der Waals surface area contributed by atoms with E-state index in [-0.39, 0.29) is 36.1 Å². The van der Waals surface area contributed by atoms with Gasteiger partial charge in [0.1, 0.15) is 34.3 Å². The van der Waals surface area contributed by atoms with Crippen LogP contribution in [0, 0.1) is 11.8 Å². The molecule has 230 valence electrons. The molecule has 0 saturated carbocycles. The van der Waals surface area contributed by atoms with Crippen molar-refractivity contribution in [2.24, 2.45) is 11.8 Å². The molecule has 0 aliphatic carbocycles. The molecule has 2 amide bonds. The molecule has 3 aliphatic heterocycles. The first kappa shape index (κ1) is 31.8. The minimum absolute atomic E-state index is 0.130. The lowest BCUT2D eigenvalue weighted by Gasteiger charge is -2.39. The summed E-state index contributed by atoms with van der Waals surface area (Å²) >= 11 is 6.66. The van der Waals surface area contributed by atoms with Gasteiger partial charge in [0.05, 0.1) is 31.2 Å². The minimum Gasteiger partial charge on any atom is -0.495 e. The Labute approximate surface area is 252 Å². The van der Waals surface area contributed by atoms with Crippen molar-refractivity contribution in [2.45, 2.75) is 89.9 Å². The maximum atomic E-state index is 13.7. The van der Waals surface area contributed by atoms with E-state index in [1.165, 1.54) is 12.0 Å². The molecule has 4 rings (SSSR count). The Morgan fingerprint density at radius 3 is 2.67 bits per heavy atom. The number of nitrogens with one attached hydrogen (secondary N) is 1. The standard InChI is InChI=1S/C31H41ClN2O8/c1-17(2)28(36)41-24-15-25(35)34(6)21-13-20(14-22(39-7)26(21)32)12-18(3)10-8-9-11-31(38)16-23(40-29(37)33-31)19(4)27-30(24,5)42-27/h8-10,13-14,17,19,23-24,27,38H,11-12,15-16H2,1-7H3,(H,33,37)/b9-8+,18-10-/t19-,23+,24+,27+,30+,31-/m1/s1.